The molecule has 0 amide bonds. The largest absolute Gasteiger partial charge is 0.472 e. The van der Waals surface area contributed by atoms with Crippen molar-refractivity contribution in [3.63, 3.8) is 0 Å². The Morgan fingerprint density at radius 3 is 1.23 bits per heavy atom. The van der Waals surface area contributed by atoms with Crippen LogP contribution in [-0.2, 0) is 32.7 Å². The van der Waals surface area contributed by atoms with Crippen LogP contribution in [0.3, 0.4) is 0 Å². The molecule has 0 spiro atoms. The molecule has 9 nitrogen and oxygen atoms in total. The molecule has 0 radical (unpaired) electrons. The Morgan fingerprint density at radius 2 is 0.814 bits per heavy atom. The second-order valence-corrected chi connectivity index (χ2v) is 21.7. The van der Waals surface area contributed by atoms with E-state index in [1.54, 1.807) is 0 Å². The number of ether oxygens (including phenoxy) is 2. The highest BCUT2D eigenvalue weighted by atomic mass is 31.2. The first kappa shape index (κ1) is 67.5. The monoisotopic (exact) mass is 1000 g/mol. The third-order valence-corrected chi connectivity index (χ3v) is 13.2. The molecule has 406 valence electrons. The minimum Gasteiger partial charge on any atom is -0.462 e. The lowest BCUT2D eigenvalue weighted by molar-refractivity contribution is -0.870. The molecule has 10 heteroatoms. The van der Waals surface area contributed by atoms with Crippen molar-refractivity contribution < 1.29 is 42.1 Å². The predicted octanol–water partition coefficient (Wildman–Crippen LogP) is 17.7. The van der Waals surface area contributed by atoms with E-state index >= 15 is 0 Å². The zero-order valence-corrected chi connectivity index (χ0v) is 46.9. The second kappa shape index (κ2) is 51.4. The highest BCUT2D eigenvalue weighted by molar-refractivity contribution is 7.47. The van der Waals surface area contributed by atoms with E-state index in [4.69, 9.17) is 18.5 Å². The minimum atomic E-state index is -4.39. The molecule has 70 heavy (non-hydrogen) atoms. The normalized spacial score (nSPS) is 13.9. The van der Waals surface area contributed by atoms with Gasteiger partial charge >= 0.3 is 19.8 Å². The number of esters is 2. The Balaban J connectivity index is 4.04. The minimum absolute atomic E-state index is 0.0251. The van der Waals surface area contributed by atoms with Crippen LogP contribution in [0.1, 0.15) is 245 Å². The van der Waals surface area contributed by atoms with Crippen molar-refractivity contribution >= 4 is 19.8 Å². The average Bonchev–Trinajstić information content (AvgIpc) is 3.32. The number of unbranched alkanes of at least 4 members (excludes halogenated alkanes) is 26. The van der Waals surface area contributed by atoms with Gasteiger partial charge in [-0.2, -0.15) is 0 Å². The van der Waals surface area contributed by atoms with Gasteiger partial charge < -0.3 is 18.9 Å². The van der Waals surface area contributed by atoms with Gasteiger partial charge in [0.25, 0.3) is 0 Å². The summed E-state index contributed by atoms with van der Waals surface area (Å²) >= 11 is 0. The number of quaternary nitrogens is 1. The van der Waals surface area contributed by atoms with Crippen molar-refractivity contribution in [1.29, 1.82) is 0 Å². The molecular formula is C60H109NO8P+. The molecule has 0 aromatic heterocycles. The number of rotatable bonds is 52. The zero-order chi connectivity index (χ0) is 51.3. The van der Waals surface area contributed by atoms with Crippen LogP contribution < -0.4 is 0 Å². The quantitative estimate of drug-likeness (QED) is 0.0211. The fourth-order valence-corrected chi connectivity index (χ4v) is 8.54. The molecule has 2 atom stereocenters. The third-order valence-electron chi connectivity index (χ3n) is 12.2. The summed E-state index contributed by atoms with van der Waals surface area (Å²) in [6.07, 6.45) is 67.1. The predicted molar refractivity (Wildman–Crippen MR) is 298 cm³/mol. The van der Waals surface area contributed by atoms with Crippen molar-refractivity contribution in [3.05, 3.63) is 72.9 Å². The molecule has 0 bridgehead atoms. The maximum atomic E-state index is 12.8. The first-order valence-electron chi connectivity index (χ1n) is 28.7. The number of hydrogen-bond acceptors (Lipinski definition) is 7. The Hall–Kier alpha value is -2.55. The summed E-state index contributed by atoms with van der Waals surface area (Å²) in [5.41, 5.74) is 0. The summed E-state index contributed by atoms with van der Waals surface area (Å²) in [5, 5.41) is 0. The van der Waals surface area contributed by atoms with Gasteiger partial charge in [0, 0.05) is 12.8 Å². The van der Waals surface area contributed by atoms with Crippen molar-refractivity contribution in [2.24, 2.45) is 0 Å². The molecule has 0 fully saturated rings. The summed E-state index contributed by atoms with van der Waals surface area (Å²) in [6.45, 7) is 4.28. The number of nitrogens with zero attached hydrogens (tertiary/aromatic N) is 1. The fourth-order valence-electron chi connectivity index (χ4n) is 7.80. The molecule has 2 unspecified atom stereocenters. The van der Waals surface area contributed by atoms with Gasteiger partial charge in [-0.25, -0.2) is 4.57 Å². The van der Waals surface area contributed by atoms with Crippen LogP contribution in [0.2, 0.25) is 0 Å². The van der Waals surface area contributed by atoms with E-state index in [9.17, 15) is 19.0 Å². The van der Waals surface area contributed by atoms with Gasteiger partial charge in [0.05, 0.1) is 27.7 Å². The second-order valence-electron chi connectivity index (χ2n) is 20.3. The van der Waals surface area contributed by atoms with E-state index in [2.05, 4.69) is 86.8 Å². The van der Waals surface area contributed by atoms with Gasteiger partial charge in [-0.1, -0.05) is 222 Å². The van der Waals surface area contributed by atoms with E-state index < -0.39 is 32.5 Å². The van der Waals surface area contributed by atoms with Gasteiger partial charge in [0.15, 0.2) is 6.10 Å². The van der Waals surface area contributed by atoms with Crippen LogP contribution >= 0.6 is 7.82 Å². The van der Waals surface area contributed by atoms with Crippen LogP contribution in [0.5, 0.6) is 0 Å². The summed E-state index contributed by atoms with van der Waals surface area (Å²) < 4.78 is 34.4. The van der Waals surface area contributed by atoms with Crippen LogP contribution in [0.4, 0.5) is 0 Å². The Kier molecular flexibility index (Phi) is 49.5. The molecular weight excluding hydrogens is 894 g/mol. The van der Waals surface area contributed by atoms with Crippen LogP contribution in [0.15, 0.2) is 72.9 Å². The maximum absolute atomic E-state index is 12.8. The Morgan fingerprint density at radius 1 is 0.457 bits per heavy atom. The third kappa shape index (κ3) is 54.8. The zero-order valence-electron chi connectivity index (χ0n) is 46.0. The van der Waals surface area contributed by atoms with Crippen LogP contribution in [-0.4, -0.2) is 74.9 Å². The number of hydrogen-bond donors (Lipinski definition) is 1. The lowest BCUT2D eigenvalue weighted by Gasteiger charge is -2.24. The number of phosphoric ester groups is 1. The highest BCUT2D eigenvalue weighted by Crippen LogP contribution is 2.43. The highest BCUT2D eigenvalue weighted by Gasteiger charge is 2.27. The SMILES string of the molecule is CC/C=C\C/C=C\C/C=C\CCCCCC(=O)OCC(COP(=O)(O)OCC[N+](C)(C)C)OC(=O)CCCCCCCCCCCCCCCCCCCC/C=C\C/C=C\C/C=C\CCCCCCC. The average molecular weight is 1000 g/mol. The summed E-state index contributed by atoms with van der Waals surface area (Å²) in [7, 11) is 1.46. The van der Waals surface area contributed by atoms with E-state index in [1.807, 2.05) is 21.1 Å². The van der Waals surface area contributed by atoms with Gasteiger partial charge in [0.2, 0.25) is 0 Å². The first-order valence-corrected chi connectivity index (χ1v) is 30.2. The number of phosphoric acid groups is 1. The van der Waals surface area contributed by atoms with Crippen molar-refractivity contribution in [2.45, 2.75) is 251 Å². The molecule has 0 aromatic rings. The smallest absolute Gasteiger partial charge is 0.462 e. The lowest BCUT2D eigenvalue weighted by atomic mass is 10.0. The number of allylic oxidation sites excluding steroid dienone is 12. The molecule has 1 N–H and O–H groups in total. The summed E-state index contributed by atoms with van der Waals surface area (Å²) in [5.74, 6) is -0.830. The molecule has 0 rings (SSSR count). The van der Waals surface area contributed by atoms with E-state index in [1.165, 1.54) is 141 Å². The van der Waals surface area contributed by atoms with Crippen molar-refractivity contribution in [2.75, 3.05) is 47.5 Å². The van der Waals surface area contributed by atoms with Gasteiger partial charge in [0.1, 0.15) is 19.8 Å². The summed E-state index contributed by atoms with van der Waals surface area (Å²) in [4.78, 5) is 35.5. The van der Waals surface area contributed by atoms with Crippen molar-refractivity contribution in [1.82, 2.24) is 0 Å². The molecule has 0 saturated heterocycles. The molecule has 0 aliphatic rings. The number of likely N-dealkylation sites (N-methyl/N-ethyl adjacent to an activating group) is 1. The molecule has 0 saturated carbocycles. The van der Waals surface area contributed by atoms with Gasteiger partial charge in [-0.3, -0.25) is 18.6 Å². The van der Waals surface area contributed by atoms with E-state index in [0.29, 0.717) is 23.9 Å². The van der Waals surface area contributed by atoms with Crippen LogP contribution in [0.25, 0.3) is 0 Å². The van der Waals surface area contributed by atoms with E-state index in [-0.39, 0.29) is 26.1 Å². The fraction of sp³-hybridized carbons (Fsp3) is 0.767. The Bertz CT molecular complexity index is 1410. The summed E-state index contributed by atoms with van der Waals surface area (Å²) in [6, 6.07) is 0. The number of carbonyl (C=O) groups excluding carboxylic acids is 2. The molecule has 0 aromatic carbocycles. The Labute approximate surface area is 431 Å². The maximum Gasteiger partial charge on any atom is 0.472 e. The van der Waals surface area contributed by atoms with Gasteiger partial charge in [-0.15, -0.1) is 0 Å². The van der Waals surface area contributed by atoms with E-state index in [0.717, 1.165) is 64.2 Å². The molecule has 0 heterocycles. The number of carbonyl (C=O) groups is 2. The van der Waals surface area contributed by atoms with Crippen molar-refractivity contribution in [3.8, 4) is 0 Å². The lowest BCUT2D eigenvalue weighted by Crippen LogP contribution is -2.37. The standard InChI is InChI=1S/C60H108NO8P/c1-6-8-10-12-14-16-18-20-21-22-23-24-25-26-27-28-29-30-31-32-33-34-35-36-37-38-39-41-43-45-47-49-51-53-60(63)69-58(57-68-70(64,65)67-55-54-61(3,4)5)56-66-59(62)52-50-48-46-44-42-40-19-17-15-13-11-9-7-2/h9,11,15,17-18,20,22-23,25-26,40,42,58H,6-8,10,12-14,16,19,21,24,27-39,41,43-57H2,1-5H3/p+1/b11-9-,17-15-,20-18-,23-22-,26-25-,42-40-. The molecule has 0 aliphatic carbocycles. The molecule has 0 aliphatic heterocycles. The topological polar surface area (TPSA) is 108 Å². The van der Waals surface area contributed by atoms with Crippen LogP contribution in [0, 0.1) is 0 Å². The van der Waals surface area contributed by atoms with Gasteiger partial charge in [-0.05, 0) is 83.5 Å². The first-order chi connectivity index (χ1) is 34.0.